The Bertz CT molecular complexity index is 2500. The highest BCUT2D eigenvalue weighted by atomic mass is 28.4. The molecule has 0 aliphatic carbocycles. The Morgan fingerprint density at radius 1 is 0.766 bits per heavy atom. The summed E-state index contributed by atoms with van der Waals surface area (Å²) in [4.78, 5) is 51.9. The summed E-state index contributed by atoms with van der Waals surface area (Å²) in [5.74, 6) is -0.126. The Morgan fingerprint density at radius 3 is 1.91 bits per heavy atom. The minimum Gasteiger partial charge on any atom is -0.497 e. The van der Waals surface area contributed by atoms with E-state index in [1.54, 1.807) is 49.4 Å². The number of methoxy groups -OCH3 is 2. The average Bonchev–Trinajstić information content (AvgIpc) is 3.87. The number of esters is 1. The largest absolute Gasteiger partial charge is 0.497 e. The number of nitrogens with one attached hydrogen (secondary N) is 1. The zero-order valence-corrected chi connectivity index (χ0v) is 38.0. The van der Waals surface area contributed by atoms with E-state index in [1.165, 1.54) is 6.33 Å². The lowest BCUT2D eigenvalue weighted by molar-refractivity contribution is -0.155. The Balaban J connectivity index is 1.42. The first-order valence-electron chi connectivity index (χ1n) is 21.0. The fourth-order valence-corrected chi connectivity index (χ4v) is 8.74. The number of nitrogens with two attached hydrogens (primary N) is 1. The molecule has 64 heavy (non-hydrogen) atoms. The second kappa shape index (κ2) is 19.1. The van der Waals surface area contributed by atoms with Crippen molar-refractivity contribution in [3.8, 4) is 11.5 Å². The fraction of sp³-hybridized carbons (Fsp3) is 0.333. The highest BCUT2D eigenvalue weighted by Crippen LogP contribution is 2.49. The Kier molecular flexibility index (Phi) is 13.6. The maximum Gasteiger partial charge on any atom is 0.306 e. The van der Waals surface area contributed by atoms with Crippen LogP contribution in [0.15, 0.2) is 122 Å². The molecule has 15 nitrogen and oxygen atoms in total. The maximum atomic E-state index is 13.3. The minimum absolute atomic E-state index is 0.181. The summed E-state index contributed by atoms with van der Waals surface area (Å²) in [6, 6.07) is 33.9. The number of carbonyl (C=O) groups is 3. The number of imidazole rings is 1. The molecule has 1 fully saturated rings. The number of aromatic nitrogens is 4. The second-order valence-electron chi connectivity index (χ2n) is 17.0. The van der Waals surface area contributed by atoms with Gasteiger partial charge in [-0.1, -0.05) is 93.6 Å². The SMILES string of the molecule is COc1ccc(C(O[C@H]2[C@@H](O[Si](C)(C)C(C)(C)C)[C@H](n3cnc4c(NC(=O)c5ccccc5)ncnc43)O[C@@H]2COC(=O)CCC(N)=O)(c2ccccc2)c2ccc(OC)cc2)cc1. The van der Waals surface area contributed by atoms with Gasteiger partial charge < -0.3 is 39.2 Å². The molecule has 3 heterocycles. The number of primary amides is 1. The van der Waals surface area contributed by atoms with Gasteiger partial charge in [0.15, 0.2) is 31.5 Å². The van der Waals surface area contributed by atoms with Crippen molar-refractivity contribution in [3.05, 3.63) is 144 Å². The van der Waals surface area contributed by atoms with Crippen LogP contribution in [0.4, 0.5) is 5.82 Å². The van der Waals surface area contributed by atoms with Crippen molar-refractivity contribution >= 4 is 43.1 Å². The minimum atomic E-state index is -2.72. The number of ether oxygens (including phenoxy) is 5. The van der Waals surface area contributed by atoms with Gasteiger partial charge in [-0.3, -0.25) is 19.0 Å². The Morgan fingerprint density at radius 2 is 1.34 bits per heavy atom. The number of anilines is 1. The third kappa shape index (κ3) is 9.55. The van der Waals surface area contributed by atoms with E-state index in [2.05, 4.69) is 49.1 Å². The summed E-state index contributed by atoms with van der Waals surface area (Å²) in [6.07, 6.45) is -1.26. The molecule has 0 unspecified atom stereocenters. The summed E-state index contributed by atoms with van der Waals surface area (Å²) in [6.45, 7) is 10.4. The van der Waals surface area contributed by atoms with Gasteiger partial charge >= 0.3 is 5.97 Å². The molecule has 0 bridgehead atoms. The lowest BCUT2D eigenvalue weighted by atomic mass is 9.79. The van der Waals surface area contributed by atoms with E-state index in [9.17, 15) is 14.4 Å². The van der Waals surface area contributed by atoms with Crippen molar-refractivity contribution in [2.45, 2.75) is 81.9 Å². The molecule has 0 spiro atoms. The van der Waals surface area contributed by atoms with Crippen LogP contribution in [0.2, 0.25) is 18.1 Å². The van der Waals surface area contributed by atoms with Crippen LogP contribution < -0.4 is 20.5 Å². The standard InChI is InChI=1S/C48H54N6O9Si/c1-47(2,3)64(6,7)63-42-41(62-48(32-16-12-9-13-17-32,33-18-22-35(58-4)23-19-33)34-20-24-36(59-5)25-21-34)37(28-60-39(56)27-26-38(49)55)61-46(42)54-30-52-40-43(50-29-51-44(40)54)53-45(57)31-14-10-8-11-15-31/h8-25,29-30,37,41-42,46H,26-28H2,1-7H3,(H2,49,55)(H,50,51,53,57)/t37-,41-,42-,46-/m1/s1. The number of hydrogen-bond donors (Lipinski definition) is 2. The van der Waals surface area contributed by atoms with Crippen LogP contribution in [0.5, 0.6) is 11.5 Å². The van der Waals surface area contributed by atoms with E-state index in [-0.39, 0.29) is 36.2 Å². The molecular weight excluding hydrogens is 833 g/mol. The van der Waals surface area contributed by atoms with Gasteiger partial charge in [0.2, 0.25) is 5.91 Å². The van der Waals surface area contributed by atoms with Crippen LogP contribution in [0.25, 0.3) is 11.2 Å². The number of benzene rings is 4. The van der Waals surface area contributed by atoms with Crippen molar-refractivity contribution in [1.29, 1.82) is 0 Å². The van der Waals surface area contributed by atoms with Crippen LogP contribution >= 0.6 is 0 Å². The zero-order chi connectivity index (χ0) is 45.6. The van der Waals surface area contributed by atoms with Crippen molar-refractivity contribution < 1.29 is 42.5 Å². The molecule has 4 aromatic carbocycles. The van der Waals surface area contributed by atoms with Crippen LogP contribution in [0.1, 0.15) is 66.9 Å². The first-order chi connectivity index (χ1) is 30.6. The quantitative estimate of drug-likeness (QED) is 0.0520. The first-order valence-corrected chi connectivity index (χ1v) is 23.9. The van der Waals surface area contributed by atoms with Gasteiger partial charge in [0, 0.05) is 12.0 Å². The molecule has 6 aromatic rings. The molecule has 2 aromatic heterocycles. The van der Waals surface area contributed by atoms with Crippen LogP contribution in [0.3, 0.4) is 0 Å². The number of rotatable bonds is 17. The summed E-state index contributed by atoms with van der Waals surface area (Å²) in [7, 11) is 0.502. The van der Waals surface area contributed by atoms with E-state index in [0.717, 1.165) is 16.7 Å². The van der Waals surface area contributed by atoms with E-state index >= 15 is 0 Å². The van der Waals surface area contributed by atoms with Gasteiger partial charge in [-0.25, -0.2) is 15.0 Å². The molecule has 1 aliphatic heterocycles. The molecule has 16 heteroatoms. The topological polar surface area (TPSA) is 188 Å². The molecule has 7 rings (SSSR count). The highest BCUT2D eigenvalue weighted by molar-refractivity contribution is 6.74. The molecule has 0 saturated carbocycles. The van der Waals surface area contributed by atoms with Crippen LogP contribution in [-0.2, 0) is 33.8 Å². The van der Waals surface area contributed by atoms with Crippen LogP contribution in [0, 0.1) is 0 Å². The monoisotopic (exact) mass is 886 g/mol. The molecule has 0 radical (unpaired) electrons. The fourth-order valence-electron chi connectivity index (χ4n) is 7.45. The summed E-state index contributed by atoms with van der Waals surface area (Å²) in [5.41, 5.74) is 7.46. The predicted molar refractivity (Wildman–Crippen MR) is 242 cm³/mol. The number of fused-ring (bicyclic) bond motifs is 1. The van der Waals surface area contributed by atoms with Gasteiger partial charge in [-0.2, -0.15) is 0 Å². The number of carbonyl (C=O) groups excluding carboxylic acids is 3. The number of amides is 2. The van der Waals surface area contributed by atoms with Gasteiger partial charge in [-0.15, -0.1) is 0 Å². The van der Waals surface area contributed by atoms with Gasteiger partial charge in [0.05, 0.1) is 27.0 Å². The Labute approximate surface area is 373 Å². The third-order valence-corrected chi connectivity index (χ3v) is 16.4. The lowest BCUT2D eigenvalue weighted by Gasteiger charge is -2.44. The highest BCUT2D eigenvalue weighted by Gasteiger charge is 2.55. The summed E-state index contributed by atoms with van der Waals surface area (Å²) < 4.78 is 41.1. The van der Waals surface area contributed by atoms with Crippen molar-refractivity contribution in [2.24, 2.45) is 5.73 Å². The van der Waals surface area contributed by atoms with Crippen molar-refractivity contribution in [3.63, 3.8) is 0 Å². The van der Waals surface area contributed by atoms with Crippen LogP contribution in [-0.4, -0.2) is 84.8 Å². The summed E-state index contributed by atoms with van der Waals surface area (Å²) in [5, 5.41) is 2.60. The average molecular weight is 887 g/mol. The number of hydrogen-bond acceptors (Lipinski definition) is 12. The number of nitrogens with zero attached hydrogens (tertiary/aromatic N) is 4. The van der Waals surface area contributed by atoms with E-state index in [1.807, 2.05) is 84.9 Å². The molecule has 2 amide bonds. The summed E-state index contributed by atoms with van der Waals surface area (Å²) >= 11 is 0. The maximum absolute atomic E-state index is 13.3. The van der Waals surface area contributed by atoms with Gasteiger partial charge in [-0.05, 0) is 71.2 Å². The molecule has 334 valence electrons. The van der Waals surface area contributed by atoms with Crippen molar-refractivity contribution in [2.75, 3.05) is 26.1 Å². The van der Waals surface area contributed by atoms with E-state index in [0.29, 0.717) is 28.2 Å². The first kappa shape index (κ1) is 45.6. The molecule has 3 N–H and O–H groups in total. The molecule has 1 saturated heterocycles. The normalized spacial score (nSPS) is 17.8. The zero-order valence-electron chi connectivity index (χ0n) is 37.0. The molecule has 1 aliphatic rings. The molecular formula is C48H54N6O9Si. The smallest absolute Gasteiger partial charge is 0.306 e. The lowest BCUT2D eigenvalue weighted by Crippen LogP contribution is -2.52. The second-order valence-corrected chi connectivity index (χ2v) is 21.8. The predicted octanol–water partition coefficient (Wildman–Crippen LogP) is 7.57. The van der Waals surface area contributed by atoms with E-state index < -0.39 is 50.3 Å². The third-order valence-electron chi connectivity index (χ3n) is 11.9. The van der Waals surface area contributed by atoms with Gasteiger partial charge in [0.1, 0.15) is 48.3 Å². The van der Waals surface area contributed by atoms with Crippen molar-refractivity contribution in [1.82, 2.24) is 19.5 Å². The van der Waals surface area contributed by atoms with Gasteiger partial charge in [0.25, 0.3) is 5.91 Å². The van der Waals surface area contributed by atoms with E-state index in [4.69, 9.17) is 38.8 Å². The Hall–Kier alpha value is -6.46. The molecule has 4 atom stereocenters.